The van der Waals surface area contributed by atoms with Gasteiger partial charge < -0.3 is 14.8 Å². The molecule has 39 heavy (non-hydrogen) atoms. The summed E-state index contributed by atoms with van der Waals surface area (Å²) in [7, 11) is -6.20. The van der Waals surface area contributed by atoms with E-state index in [1.165, 1.54) is 33.9 Å². The normalized spacial score (nSPS) is 17.8. The maximum Gasteiger partial charge on any atom is 0.267 e. The molecule has 1 fully saturated rings. The molecule has 2 aliphatic heterocycles. The van der Waals surface area contributed by atoms with Gasteiger partial charge in [0.25, 0.3) is 5.91 Å². The fourth-order valence-corrected chi connectivity index (χ4v) is 7.83. The molecule has 0 bridgehead atoms. The number of hydrogen-bond acceptors (Lipinski definition) is 7. The summed E-state index contributed by atoms with van der Waals surface area (Å²) >= 11 is 0. The number of anilines is 2. The van der Waals surface area contributed by atoms with Crippen LogP contribution in [0.25, 0.3) is 0 Å². The Bertz CT molecular complexity index is 1570. The first-order valence-corrected chi connectivity index (χ1v) is 15.5. The van der Waals surface area contributed by atoms with Crippen molar-refractivity contribution in [3.05, 3.63) is 78.4 Å². The second-order valence-electron chi connectivity index (χ2n) is 9.31. The number of sulfonamides is 2. The highest BCUT2D eigenvalue weighted by Gasteiger charge is 2.37. The van der Waals surface area contributed by atoms with Crippen molar-refractivity contribution in [3.8, 4) is 11.5 Å². The monoisotopic (exact) mass is 571 g/mol. The van der Waals surface area contributed by atoms with Gasteiger partial charge in [-0.15, -0.1) is 0 Å². The maximum absolute atomic E-state index is 13.5. The van der Waals surface area contributed by atoms with Crippen molar-refractivity contribution in [2.45, 2.75) is 29.6 Å². The van der Waals surface area contributed by atoms with Gasteiger partial charge in [0, 0.05) is 13.1 Å². The number of amides is 1. The van der Waals surface area contributed by atoms with Crippen LogP contribution in [0.4, 0.5) is 11.4 Å². The lowest BCUT2D eigenvalue weighted by atomic mass is 10.2. The maximum atomic E-state index is 13.5. The van der Waals surface area contributed by atoms with E-state index in [1.807, 2.05) is 0 Å². The molecule has 1 unspecified atom stereocenters. The molecule has 0 aliphatic carbocycles. The van der Waals surface area contributed by atoms with Crippen LogP contribution in [0.2, 0.25) is 0 Å². The van der Waals surface area contributed by atoms with Crippen LogP contribution in [-0.4, -0.2) is 59.9 Å². The number of methoxy groups -OCH3 is 1. The van der Waals surface area contributed by atoms with Crippen molar-refractivity contribution in [2.75, 3.05) is 36.4 Å². The van der Waals surface area contributed by atoms with E-state index in [4.69, 9.17) is 9.47 Å². The summed E-state index contributed by atoms with van der Waals surface area (Å²) in [6.07, 6.45) is 0.390. The SMILES string of the molecule is COc1ccc(S(=O)(=O)N2CCCC2)cc1NC(=O)C1CN(S(=O)(=O)Cc2ccccc2)c2ccccc2O1. The average molecular weight is 572 g/mol. The van der Waals surface area contributed by atoms with Crippen LogP contribution in [0.3, 0.4) is 0 Å². The Hall–Kier alpha value is -3.61. The Morgan fingerprint density at radius 1 is 0.974 bits per heavy atom. The van der Waals surface area contributed by atoms with Gasteiger partial charge in [-0.1, -0.05) is 42.5 Å². The van der Waals surface area contributed by atoms with Gasteiger partial charge in [0.2, 0.25) is 20.0 Å². The molecule has 10 nitrogen and oxygen atoms in total. The quantitative estimate of drug-likeness (QED) is 0.441. The molecular weight excluding hydrogens is 542 g/mol. The zero-order chi connectivity index (χ0) is 27.6. The third-order valence-corrected chi connectivity index (χ3v) is 10.3. The minimum atomic E-state index is -3.87. The van der Waals surface area contributed by atoms with Crippen LogP contribution in [0.5, 0.6) is 11.5 Å². The molecule has 12 heteroatoms. The lowest BCUT2D eigenvalue weighted by Gasteiger charge is -2.34. The molecule has 1 saturated heterocycles. The molecule has 1 N–H and O–H groups in total. The molecule has 1 atom stereocenters. The molecule has 3 aromatic carbocycles. The van der Waals surface area contributed by atoms with Crippen LogP contribution in [-0.2, 0) is 30.6 Å². The van der Waals surface area contributed by atoms with Gasteiger partial charge in [0.05, 0.1) is 35.7 Å². The van der Waals surface area contributed by atoms with Crippen LogP contribution in [0.15, 0.2) is 77.7 Å². The number of rotatable bonds is 8. The number of hydrogen-bond donors (Lipinski definition) is 1. The van der Waals surface area contributed by atoms with Gasteiger partial charge in [0.15, 0.2) is 6.10 Å². The molecule has 0 saturated carbocycles. The predicted molar refractivity (Wildman–Crippen MR) is 147 cm³/mol. The molecule has 1 amide bonds. The smallest absolute Gasteiger partial charge is 0.267 e. The largest absolute Gasteiger partial charge is 0.495 e. The number of carbonyl (C=O) groups excluding carboxylic acids is 1. The Balaban J connectivity index is 1.42. The van der Waals surface area contributed by atoms with E-state index in [2.05, 4.69) is 5.32 Å². The first kappa shape index (κ1) is 27.0. The molecule has 0 aromatic heterocycles. The third kappa shape index (κ3) is 5.58. The van der Waals surface area contributed by atoms with Crippen LogP contribution in [0.1, 0.15) is 18.4 Å². The fourth-order valence-electron chi connectivity index (χ4n) is 4.70. The van der Waals surface area contributed by atoms with Gasteiger partial charge in [-0.25, -0.2) is 16.8 Å². The summed E-state index contributed by atoms with van der Waals surface area (Å²) in [5.41, 5.74) is 1.10. The van der Waals surface area contributed by atoms with Crippen molar-refractivity contribution in [2.24, 2.45) is 0 Å². The number of carbonyl (C=O) groups is 1. The highest BCUT2D eigenvalue weighted by molar-refractivity contribution is 7.92. The number of para-hydroxylation sites is 2. The van der Waals surface area contributed by atoms with E-state index >= 15 is 0 Å². The van der Waals surface area contributed by atoms with E-state index in [0.717, 1.165) is 12.8 Å². The number of nitrogens with zero attached hydrogens (tertiary/aromatic N) is 2. The Kier molecular flexibility index (Phi) is 7.52. The van der Waals surface area contributed by atoms with Crippen molar-refractivity contribution < 1.29 is 31.1 Å². The molecule has 0 spiro atoms. The summed E-state index contributed by atoms with van der Waals surface area (Å²) in [4.78, 5) is 13.5. The van der Waals surface area contributed by atoms with Gasteiger partial charge in [0.1, 0.15) is 11.5 Å². The van der Waals surface area contributed by atoms with E-state index in [1.54, 1.807) is 54.6 Å². The number of fused-ring (bicyclic) bond motifs is 1. The molecule has 2 heterocycles. The topological polar surface area (TPSA) is 122 Å². The van der Waals surface area contributed by atoms with Crippen LogP contribution in [0, 0.1) is 0 Å². The van der Waals surface area contributed by atoms with E-state index < -0.39 is 32.1 Å². The summed E-state index contributed by atoms with van der Waals surface area (Å²) < 4.78 is 67.0. The summed E-state index contributed by atoms with van der Waals surface area (Å²) in [6, 6.07) is 19.7. The highest BCUT2D eigenvalue weighted by atomic mass is 32.2. The summed E-state index contributed by atoms with van der Waals surface area (Å²) in [5.74, 6) is -0.384. The minimum Gasteiger partial charge on any atom is -0.495 e. The minimum absolute atomic E-state index is 0.0301. The standard InChI is InChI=1S/C27H29N3O7S2/c1-36-24-14-13-21(39(34,35)29-15-7-8-16-29)17-22(24)28-27(31)26-18-30(23-11-5-6-12-25(23)37-26)38(32,33)19-20-9-3-2-4-10-20/h2-6,9-14,17,26H,7-8,15-16,18-19H2,1H3,(H,28,31). The number of benzene rings is 3. The predicted octanol–water partition coefficient (Wildman–Crippen LogP) is 3.22. The Morgan fingerprint density at radius 2 is 1.67 bits per heavy atom. The van der Waals surface area contributed by atoms with Gasteiger partial charge in [-0.3, -0.25) is 9.10 Å². The lowest BCUT2D eigenvalue weighted by Crippen LogP contribution is -2.49. The molecular formula is C27H29N3O7S2. The lowest BCUT2D eigenvalue weighted by molar-refractivity contribution is -0.122. The van der Waals surface area contributed by atoms with Crippen molar-refractivity contribution in [1.82, 2.24) is 4.31 Å². The highest BCUT2D eigenvalue weighted by Crippen LogP contribution is 2.37. The molecule has 2 aliphatic rings. The second kappa shape index (κ2) is 10.9. The Labute approximate surface area is 228 Å². The van der Waals surface area contributed by atoms with E-state index in [9.17, 15) is 21.6 Å². The van der Waals surface area contributed by atoms with Gasteiger partial charge in [-0.2, -0.15) is 4.31 Å². The fraction of sp³-hybridized carbons (Fsp3) is 0.296. The average Bonchev–Trinajstić information content (AvgIpc) is 3.49. The van der Waals surface area contributed by atoms with E-state index in [-0.39, 0.29) is 34.4 Å². The van der Waals surface area contributed by atoms with Crippen molar-refractivity contribution in [1.29, 1.82) is 0 Å². The Morgan fingerprint density at radius 3 is 2.38 bits per heavy atom. The summed E-state index contributed by atoms with van der Waals surface area (Å²) in [5, 5.41) is 2.69. The van der Waals surface area contributed by atoms with Gasteiger partial charge in [-0.05, 0) is 48.7 Å². The number of ether oxygens (including phenoxy) is 2. The zero-order valence-electron chi connectivity index (χ0n) is 21.3. The van der Waals surface area contributed by atoms with E-state index in [0.29, 0.717) is 24.3 Å². The first-order valence-electron chi connectivity index (χ1n) is 12.5. The third-order valence-electron chi connectivity index (χ3n) is 6.69. The molecule has 3 aromatic rings. The molecule has 206 valence electrons. The summed E-state index contributed by atoms with van der Waals surface area (Å²) in [6.45, 7) is 0.628. The number of nitrogens with one attached hydrogen (secondary N) is 1. The second-order valence-corrected chi connectivity index (χ2v) is 13.1. The molecule has 5 rings (SSSR count). The van der Waals surface area contributed by atoms with Gasteiger partial charge >= 0.3 is 0 Å². The van der Waals surface area contributed by atoms with Crippen LogP contribution < -0.4 is 19.1 Å². The van der Waals surface area contributed by atoms with Crippen LogP contribution >= 0.6 is 0 Å². The van der Waals surface area contributed by atoms with Crippen molar-refractivity contribution >= 4 is 37.3 Å². The first-order chi connectivity index (χ1) is 18.7. The molecule has 0 radical (unpaired) electrons. The van der Waals surface area contributed by atoms with Crippen molar-refractivity contribution in [3.63, 3.8) is 0 Å². The zero-order valence-corrected chi connectivity index (χ0v) is 22.9.